The minimum atomic E-state index is -3.08. The third-order valence-electron chi connectivity index (χ3n) is 4.08. The van der Waals surface area contributed by atoms with Crippen LogP contribution in [-0.4, -0.2) is 48.4 Å². The number of nitrogens with zero attached hydrogens (tertiary/aromatic N) is 1. The Hall–Kier alpha value is -1.27. The van der Waals surface area contributed by atoms with E-state index in [1.165, 1.54) is 18.2 Å². The maximum absolute atomic E-state index is 12.7. The predicted molar refractivity (Wildman–Crippen MR) is 79.3 cm³/mol. The van der Waals surface area contributed by atoms with E-state index in [0.29, 0.717) is 0 Å². The van der Waals surface area contributed by atoms with Crippen molar-refractivity contribution in [1.82, 2.24) is 4.90 Å². The predicted octanol–water partition coefficient (Wildman–Crippen LogP) is 1.69. The molecule has 2 aliphatic rings. The van der Waals surface area contributed by atoms with E-state index in [1.54, 1.807) is 4.90 Å². The first-order valence-corrected chi connectivity index (χ1v) is 9.07. The number of phenolic OH excluding ortho intramolecular Hbond substituents is 1. The van der Waals surface area contributed by atoms with Gasteiger partial charge >= 0.3 is 0 Å². The largest absolute Gasteiger partial charge is 0.508 e. The number of rotatable bonds is 2. The number of amides is 1. The Morgan fingerprint density at radius 3 is 2.71 bits per heavy atom. The zero-order chi connectivity index (χ0) is 15.2. The maximum atomic E-state index is 12.7. The first kappa shape index (κ1) is 14.7. The fourth-order valence-corrected chi connectivity index (χ4v) is 4.60. The van der Waals surface area contributed by atoms with Crippen LogP contribution in [0, 0.1) is 5.92 Å². The molecular formula is C14H16ClNO4S. The van der Waals surface area contributed by atoms with E-state index in [2.05, 4.69) is 0 Å². The lowest BCUT2D eigenvalue weighted by Gasteiger charge is -2.36. The monoisotopic (exact) mass is 329 g/mol. The highest BCUT2D eigenvalue weighted by atomic mass is 35.5. The van der Waals surface area contributed by atoms with Crippen LogP contribution in [0.3, 0.4) is 0 Å². The molecule has 1 unspecified atom stereocenters. The van der Waals surface area contributed by atoms with E-state index < -0.39 is 9.84 Å². The molecule has 1 heterocycles. The molecule has 0 radical (unpaired) electrons. The summed E-state index contributed by atoms with van der Waals surface area (Å²) in [4.78, 5) is 14.3. The molecule has 1 aliphatic heterocycles. The molecule has 0 aromatic heterocycles. The average Bonchev–Trinajstić information content (AvgIpc) is 3.24. The number of carbonyl (C=O) groups excluding carboxylic acids is 1. The molecule has 114 valence electrons. The Labute approximate surface area is 128 Å². The van der Waals surface area contributed by atoms with E-state index in [-0.39, 0.29) is 52.3 Å². The molecule has 1 saturated heterocycles. The molecule has 1 atom stereocenters. The van der Waals surface area contributed by atoms with Crippen LogP contribution >= 0.6 is 11.6 Å². The van der Waals surface area contributed by atoms with Crippen molar-refractivity contribution in [3.8, 4) is 5.75 Å². The van der Waals surface area contributed by atoms with Crippen molar-refractivity contribution < 1.29 is 18.3 Å². The van der Waals surface area contributed by atoms with Gasteiger partial charge in [-0.3, -0.25) is 4.79 Å². The SMILES string of the molecule is O=C(c1cc(O)ccc1Cl)N1CCS(=O)(=O)CC1C1CC1. The minimum Gasteiger partial charge on any atom is -0.508 e. The van der Waals surface area contributed by atoms with Crippen molar-refractivity contribution in [2.24, 2.45) is 5.92 Å². The van der Waals surface area contributed by atoms with Gasteiger partial charge in [-0.05, 0) is 37.0 Å². The number of hydrogen-bond donors (Lipinski definition) is 1. The van der Waals surface area contributed by atoms with Crippen LogP contribution in [0.5, 0.6) is 5.75 Å². The summed E-state index contributed by atoms with van der Waals surface area (Å²) in [7, 11) is -3.08. The lowest BCUT2D eigenvalue weighted by molar-refractivity contribution is 0.0679. The van der Waals surface area contributed by atoms with Gasteiger partial charge in [0.2, 0.25) is 0 Å². The number of carbonyl (C=O) groups is 1. The maximum Gasteiger partial charge on any atom is 0.255 e. The summed E-state index contributed by atoms with van der Waals surface area (Å²) in [6, 6.07) is 3.95. The summed E-state index contributed by atoms with van der Waals surface area (Å²) in [6.45, 7) is 0.189. The van der Waals surface area contributed by atoms with Crippen molar-refractivity contribution in [2.75, 3.05) is 18.1 Å². The highest BCUT2D eigenvalue weighted by Crippen LogP contribution is 2.38. The molecular weight excluding hydrogens is 314 g/mol. The van der Waals surface area contributed by atoms with E-state index in [9.17, 15) is 18.3 Å². The van der Waals surface area contributed by atoms with Gasteiger partial charge in [-0.1, -0.05) is 11.6 Å². The normalized spacial score (nSPS) is 24.8. The molecule has 1 aliphatic carbocycles. The summed E-state index contributed by atoms with van der Waals surface area (Å²) < 4.78 is 23.6. The molecule has 0 bridgehead atoms. The van der Waals surface area contributed by atoms with Gasteiger partial charge in [-0.2, -0.15) is 0 Å². The Morgan fingerprint density at radius 2 is 2.05 bits per heavy atom. The molecule has 21 heavy (non-hydrogen) atoms. The fourth-order valence-electron chi connectivity index (χ4n) is 2.79. The van der Waals surface area contributed by atoms with Gasteiger partial charge in [0.1, 0.15) is 5.75 Å². The zero-order valence-electron chi connectivity index (χ0n) is 11.3. The van der Waals surface area contributed by atoms with Crippen LogP contribution in [0.4, 0.5) is 0 Å². The van der Waals surface area contributed by atoms with Crippen LogP contribution in [-0.2, 0) is 9.84 Å². The highest BCUT2D eigenvalue weighted by Gasteiger charge is 2.43. The molecule has 2 fully saturated rings. The molecule has 1 aromatic rings. The Morgan fingerprint density at radius 1 is 1.33 bits per heavy atom. The first-order valence-electron chi connectivity index (χ1n) is 6.87. The van der Waals surface area contributed by atoms with Crippen LogP contribution < -0.4 is 0 Å². The number of benzene rings is 1. The van der Waals surface area contributed by atoms with Gasteiger partial charge in [-0.15, -0.1) is 0 Å². The second-order valence-electron chi connectivity index (χ2n) is 5.68. The van der Waals surface area contributed by atoms with Crippen molar-refractivity contribution in [2.45, 2.75) is 18.9 Å². The minimum absolute atomic E-state index is 0.0155. The summed E-state index contributed by atoms with van der Waals surface area (Å²) in [6.07, 6.45) is 1.91. The zero-order valence-corrected chi connectivity index (χ0v) is 12.9. The summed E-state index contributed by atoms with van der Waals surface area (Å²) in [5, 5.41) is 9.79. The first-order chi connectivity index (χ1) is 9.87. The lowest BCUT2D eigenvalue weighted by Crippen LogP contribution is -2.52. The van der Waals surface area contributed by atoms with Crippen LogP contribution in [0.1, 0.15) is 23.2 Å². The molecule has 1 aromatic carbocycles. The summed E-state index contributed by atoms with van der Waals surface area (Å²) >= 11 is 6.03. The number of halogens is 1. The smallest absolute Gasteiger partial charge is 0.255 e. The molecule has 1 N–H and O–H groups in total. The molecule has 1 saturated carbocycles. The number of phenols is 1. The number of aromatic hydroxyl groups is 1. The second kappa shape index (κ2) is 5.18. The summed E-state index contributed by atoms with van der Waals surface area (Å²) in [5.41, 5.74) is 0.224. The van der Waals surface area contributed by atoms with Gasteiger partial charge in [-0.25, -0.2) is 8.42 Å². The molecule has 1 amide bonds. The van der Waals surface area contributed by atoms with Gasteiger partial charge in [0.15, 0.2) is 9.84 Å². The van der Waals surface area contributed by atoms with Gasteiger partial charge < -0.3 is 10.0 Å². The van der Waals surface area contributed by atoms with Crippen LogP contribution in [0.25, 0.3) is 0 Å². The summed E-state index contributed by atoms with van der Waals surface area (Å²) in [5.74, 6) is -0.0590. The second-order valence-corrected chi connectivity index (χ2v) is 8.32. The van der Waals surface area contributed by atoms with Crippen molar-refractivity contribution in [1.29, 1.82) is 0 Å². The van der Waals surface area contributed by atoms with E-state index in [1.807, 2.05) is 0 Å². The third kappa shape index (κ3) is 3.01. The number of sulfone groups is 1. The van der Waals surface area contributed by atoms with Gasteiger partial charge in [0.25, 0.3) is 5.91 Å². The fraction of sp³-hybridized carbons (Fsp3) is 0.500. The molecule has 7 heteroatoms. The van der Waals surface area contributed by atoms with Crippen molar-refractivity contribution in [3.05, 3.63) is 28.8 Å². The lowest BCUT2D eigenvalue weighted by atomic mass is 10.1. The van der Waals surface area contributed by atoms with Crippen molar-refractivity contribution >= 4 is 27.3 Å². The Balaban J connectivity index is 1.91. The van der Waals surface area contributed by atoms with Gasteiger partial charge in [0.05, 0.1) is 22.1 Å². The van der Waals surface area contributed by atoms with Crippen LogP contribution in [0.15, 0.2) is 18.2 Å². The molecule has 0 spiro atoms. The highest BCUT2D eigenvalue weighted by molar-refractivity contribution is 7.91. The Bertz CT molecular complexity index is 684. The van der Waals surface area contributed by atoms with Crippen LogP contribution in [0.2, 0.25) is 5.02 Å². The van der Waals surface area contributed by atoms with E-state index in [4.69, 9.17) is 11.6 Å². The molecule has 3 rings (SSSR count). The third-order valence-corrected chi connectivity index (χ3v) is 6.06. The average molecular weight is 330 g/mol. The topological polar surface area (TPSA) is 74.7 Å². The quantitative estimate of drug-likeness (QED) is 0.896. The van der Waals surface area contributed by atoms with E-state index >= 15 is 0 Å². The molecule has 5 nitrogen and oxygen atoms in total. The standard InChI is InChI=1S/C14H16ClNO4S/c15-12-4-3-10(17)7-11(12)14(18)16-5-6-21(19,20)8-13(16)9-1-2-9/h3-4,7,9,13,17H,1-2,5-6,8H2. The van der Waals surface area contributed by atoms with E-state index in [0.717, 1.165) is 12.8 Å². The van der Waals surface area contributed by atoms with Crippen molar-refractivity contribution in [3.63, 3.8) is 0 Å². The van der Waals surface area contributed by atoms with Gasteiger partial charge in [0, 0.05) is 12.6 Å². The Kier molecular flexibility index (Phi) is 3.61. The number of hydrogen-bond acceptors (Lipinski definition) is 4.